The summed E-state index contributed by atoms with van der Waals surface area (Å²) >= 11 is 0. The molecule has 0 aliphatic carbocycles. The Morgan fingerprint density at radius 1 is 1.24 bits per heavy atom. The zero-order chi connectivity index (χ0) is 15.0. The van der Waals surface area contributed by atoms with Crippen LogP contribution in [0.1, 0.15) is 29.0 Å². The lowest BCUT2D eigenvalue weighted by Gasteiger charge is -2.27. The van der Waals surface area contributed by atoms with E-state index >= 15 is 0 Å². The first-order valence-corrected chi connectivity index (χ1v) is 6.76. The van der Waals surface area contributed by atoms with Gasteiger partial charge in [-0.25, -0.2) is 0 Å². The Balaban J connectivity index is 2.13. The first-order valence-electron chi connectivity index (χ1n) is 6.76. The molecule has 0 unspecified atom stereocenters. The molecule has 0 saturated carbocycles. The number of carbonyl (C=O) groups is 1. The number of methoxy groups -OCH3 is 1. The standard InChI is InChI=1S/C17H16O4/c1-10-7-13(20-2)8-15-17(10)14(9-16(19)21-15)11-3-5-12(18)6-4-11/h3-8,14,18H,9H2,1-2H3/t14-/m0/s1. The molecule has 1 N–H and O–H groups in total. The normalized spacial score (nSPS) is 17.0. The number of rotatable bonds is 2. The summed E-state index contributed by atoms with van der Waals surface area (Å²) in [6.07, 6.45) is 0.297. The van der Waals surface area contributed by atoms with Gasteiger partial charge in [0.15, 0.2) is 0 Å². The van der Waals surface area contributed by atoms with Crippen molar-refractivity contribution in [3.05, 3.63) is 53.1 Å². The molecule has 4 nitrogen and oxygen atoms in total. The third-order valence-corrected chi connectivity index (χ3v) is 3.80. The van der Waals surface area contributed by atoms with E-state index in [-0.39, 0.29) is 17.6 Å². The summed E-state index contributed by atoms with van der Waals surface area (Å²) in [4.78, 5) is 11.9. The molecule has 1 aliphatic heterocycles. The highest BCUT2D eigenvalue weighted by Crippen LogP contribution is 2.42. The van der Waals surface area contributed by atoms with Gasteiger partial charge in [0, 0.05) is 17.5 Å². The number of phenols is 1. The zero-order valence-corrected chi connectivity index (χ0v) is 11.9. The first-order chi connectivity index (χ1) is 10.1. The van der Waals surface area contributed by atoms with Gasteiger partial charge in [-0.05, 0) is 36.2 Å². The van der Waals surface area contributed by atoms with E-state index in [9.17, 15) is 9.90 Å². The summed E-state index contributed by atoms with van der Waals surface area (Å²) < 4.78 is 10.6. The summed E-state index contributed by atoms with van der Waals surface area (Å²) in [6.45, 7) is 1.98. The van der Waals surface area contributed by atoms with Crippen LogP contribution in [0.5, 0.6) is 17.2 Å². The number of aryl methyl sites for hydroxylation is 1. The van der Waals surface area contributed by atoms with Crippen molar-refractivity contribution < 1.29 is 19.4 Å². The van der Waals surface area contributed by atoms with Crippen molar-refractivity contribution in [2.75, 3.05) is 7.11 Å². The van der Waals surface area contributed by atoms with E-state index in [2.05, 4.69) is 0 Å². The highest BCUT2D eigenvalue weighted by atomic mass is 16.5. The number of benzene rings is 2. The number of aromatic hydroxyl groups is 1. The molecule has 0 fully saturated rings. The minimum atomic E-state index is -0.256. The van der Waals surface area contributed by atoms with Crippen molar-refractivity contribution in [1.82, 2.24) is 0 Å². The number of carbonyl (C=O) groups excluding carboxylic acids is 1. The average molecular weight is 284 g/mol. The van der Waals surface area contributed by atoms with Crippen molar-refractivity contribution >= 4 is 5.97 Å². The molecule has 0 amide bonds. The molecule has 2 aromatic carbocycles. The van der Waals surface area contributed by atoms with Crippen molar-refractivity contribution in [1.29, 1.82) is 0 Å². The topological polar surface area (TPSA) is 55.8 Å². The van der Waals surface area contributed by atoms with E-state index in [1.807, 2.05) is 25.1 Å². The highest BCUT2D eigenvalue weighted by Gasteiger charge is 2.30. The van der Waals surface area contributed by atoms with Crippen molar-refractivity contribution in [3.63, 3.8) is 0 Å². The van der Waals surface area contributed by atoms with Gasteiger partial charge in [-0.3, -0.25) is 4.79 Å². The average Bonchev–Trinajstić information content (AvgIpc) is 2.46. The Labute approximate surface area is 122 Å². The molecule has 1 atom stereocenters. The lowest BCUT2D eigenvalue weighted by Crippen LogP contribution is -2.22. The van der Waals surface area contributed by atoms with Crippen LogP contribution >= 0.6 is 0 Å². The van der Waals surface area contributed by atoms with E-state index in [0.717, 1.165) is 16.7 Å². The largest absolute Gasteiger partial charge is 0.508 e. The van der Waals surface area contributed by atoms with E-state index in [0.29, 0.717) is 17.9 Å². The van der Waals surface area contributed by atoms with Crippen molar-refractivity contribution in [2.24, 2.45) is 0 Å². The fraction of sp³-hybridized carbons (Fsp3) is 0.235. The monoisotopic (exact) mass is 284 g/mol. The third-order valence-electron chi connectivity index (χ3n) is 3.80. The molecule has 0 radical (unpaired) electrons. The van der Waals surface area contributed by atoms with Crippen LogP contribution in [-0.4, -0.2) is 18.2 Å². The van der Waals surface area contributed by atoms with Gasteiger partial charge < -0.3 is 14.6 Å². The predicted octanol–water partition coefficient (Wildman–Crippen LogP) is 3.15. The summed E-state index contributed by atoms with van der Waals surface area (Å²) in [5.41, 5.74) is 3.01. The Morgan fingerprint density at radius 3 is 2.62 bits per heavy atom. The van der Waals surface area contributed by atoms with E-state index in [4.69, 9.17) is 9.47 Å². The SMILES string of the molecule is COc1cc(C)c2c(c1)OC(=O)C[C@H]2c1ccc(O)cc1. The van der Waals surface area contributed by atoms with Crippen LogP contribution in [0.25, 0.3) is 0 Å². The molecule has 0 bridgehead atoms. The Hall–Kier alpha value is -2.49. The molecule has 21 heavy (non-hydrogen) atoms. The zero-order valence-electron chi connectivity index (χ0n) is 11.9. The van der Waals surface area contributed by atoms with Crippen LogP contribution in [0.15, 0.2) is 36.4 Å². The molecule has 108 valence electrons. The number of esters is 1. The first kappa shape index (κ1) is 13.5. The quantitative estimate of drug-likeness (QED) is 0.680. The van der Waals surface area contributed by atoms with E-state index in [1.165, 1.54) is 0 Å². The number of fused-ring (bicyclic) bond motifs is 1. The molecule has 0 aromatic heterocycles. The molecule has 0 spiro atoms. The minimum Gasteiger partial charge on any atom is -0.508 e. The second-order valence-electron chi connectivity index (χ2n) is 5.18. The van der Waals surface area contributed by atoms with Gasteiger partial charge in [0.2, 0.25) is 0 Å². The van der Waals surface area contributed by atoms with Crippen LogP contribution in [0.3, 0.4) is 0 Å². The van der Waals surface area contributed by atoms with Gasteiger partial charge in [0.1, 0.15) is 17.2 Å². The number of hydrogen-bond donors (Lipinski definition) is 1. The molecule has 1 heterocycles. The molecular weight excluding hydrogens is 268 g/mol. The Bertz CT molecular complexity index is 689. The summed E-state index contributed by atoms with van der Waals surface area (Å²) in [6, 6.07) is 10.6. The minimum absolute atomic E-state index is 0.0623. The summed E-state index contributed by atoms with van der Waals surface area (Å²) in [5, 5.41) is 9.42. The lowest BCUT2D eigenvalue weighted by atomic mass is 9.84. The predicted molar refractivity (Wildman–Crippen MR) is 77.9 cm³/mol. The van der Waals surface area contributed by atoms with Crippen LogP contribution < -0.4 is 9.47 Å². The maximum Gasteiger partial charge on any atom is 0.312 e. The lowest BCUT2D eigenvalue weighted by molar-refractivity contribution is -0.135. The van der Waals surface area contributed by atoms with Crippen LogP contribution in [-0.2, 0) is 4.79 Å². The fourth-order valence-corrected chi connectivity index (χ4v) is 2.81. The maximum atomic E-state index is 11.9. The summed E-state index contributed by atoms with van der Waals surface area (Å²) in [7, 11) is 1.59. The van der Waals surface area contributed by atoms with Gasteiger partial charge >= 0.3 is 5.97 Å². The maximum absolute atomic E-state index is 11.9. The second kappa shape index (κ2) is 5.13. The van der Waals surface area contributed by atoms with Gasteiger partial charge in [0.25, 0.3) is 0 Å². The highest BCUT2D eigenvalue weighted by molar-refractivity contribution is 5.78. The Kier molecular flexibility index (Phi) is 3.29. The molecule has 2 aromatic rings. The summed E-state index contributed by atoms with van der Waals surface area (Å²) in [5.74, 6) is 1.12. The van der Waals surface area contributed by atoms with Gasteiger partial charge in [-0.1, -0.05) is 12.1 Å². The molecule has 0 saturated heterocycles. The molecular formula is C17H16O4. The molecule has 4 heteroatoms. The number of phenolic OH excluding ortho intramolecular Hbond substituents is 1. The third kappa shape index (κ3) is 2.44. The second-order valence-corrected chi connectivity index (χ2v) is 5.18. The van der Waals surface area contributed by atoms with Gasteiger partial charge in [0.05, 0.1) is 13.5 Å². The Morgan fingerprint density at radius 2 is 1.95 bits per heavy atom. The van der Waals surface area contributed by atoms with Gasteiger partial charge in [-0.2, -0.15) is 0 Å². The van der Waals surface area contributed by atoms with Crippen molar-refractivity contribution in [3.8, 4) is 17.2 Å². The molecule has 3 rings (SSSR count). The number of ether oxygens (including phenoxy) is 2. The van der Waals surface area contributed by atoms with Gasteiger partial charge in [-0.15, -0.1) is 0 Å². The number of hydrogen-bond acceptors (Lipinski definition) is 4. The molecule has 1 aliphatic rings. The van der Waals surface area contributed by atoms with Crippen LogP contribution in [0.4, 0.5) is 0 Å². The smallest absolute Gasteiger partial charge is 0.312 e. The fourth-order valence-electron chi connectivity index (χ4n) is 2.81. The van der Waals surface area contributed by atoms with E-state index < -0.39 is 0 Å². The van der Waals surface area contributed by atoms with Crippen LogP contribution in [0, 0.1) is 6.92 Å². The van der Waals surface area contributed by atoms with E-state index in [1.54, 1.807) is 25.3 Å². The van der Waals surface area contributed by atoms with Crippen molar-refractivity contribution in [2.45, 2.75) is 19.3 Å². The van der Waals surface area contributed by atoms with Crippen LogP contribution in [0.2, 0.25) is 0 Å².